The fraction of sp³-hybridized carbons (Fsp3) is 0.333. The standard InChI is InChI=1S/C24H25N3O4/c28-21-14-16(18-13-17-3-1-2-4-20(17)25-15-18)5-6-19(21)22(29)26-9-11-27(12-10-26)23(30)24(31)7-8-24/h1-6,13-15,23,28,30-31H,7-12H2. The first-order valence-electron chi connectivity index (χ1n) is 10.6. The molecule has 1 saturated heterocycles. The van der Waals surface area contributed by atoms with Gasteiger partial charge in [-0.1, -0.05) is 24.3 Å². The van der Waals surface area contributed by atoms with Gasteiger partial charge < -0.3 is 20.2 Å². The largest absolute Gasteiger partial charge is 0.507 e. The first-order valence-corrected chi connectivity index (χ1v) is 10.6. The van der Waals surface area contributed by atoms with E-state index in [1.165, 1.54) is 0 Å². The van der Waals surface area contributed by atoms with Gasteiger partial charge in [-0.2, -0.15) is 0 Å². The number of phenolic OH excluding ortho intramolecular Hbond substituents is 1. The molecule has 31 heavy (non-hydrogen) atoms. The van der Waals surface area contributed by atoms with Crippen molar-refractivity contribution in [2.24, 2.45) is 0 Å². The maximum atomic E-state index is 13.0. The summed E-state index contributed by atoms with van der Waals surface area (Å²) in [6.45, 7) is 1.83. The van der Waals surface area contributed by atoms with Gasteiger partial charge in [-0.15, -0.1) is 0 Å². The minimum Gasteiger partial charge on any atom is -0.507 e. The fourth-order valence-electron chi connectivity index (χ4n) is 4.19. The SMILES string of the molecule is O=C(c1ccc(-c2cnc3ccccc3c2)cc1O)N1CCN(C(O)C2(O)CC2)CC1. The molecule has 2 aromatic carbocycles. The van der Waals surface area contributed by atoms with Crippen LogP contribution in [0.4, 0.5) is 0 Å². The molecule has 1 aliphatic heterocycles. The third-order valence-corrected chi connectivity index (χ3v) is 6.34. The number of hydrogen-bond donors (Lipinski definition) is 3. The van der Waals surface area contributed by atoms with Crippen LogP contribution in [0.1, 0.15) is 23.2 Å². The van der Waals surface area contributed by atoms with Crippen LogP contribution in [-0.4, -0.2) is 74.0 Å². The Bertz CT molecular complexity index is 1140. The molecule has 1 amide bonds. The Morgan fingerprint density at radius 3 is 2.45 bits per heavy atom. The highest BCUT2D eigenvalue weighted by atomic mass is 16.4. The number of aromatic nitrogens is 1. The minimum atomic E-state index is -0.988. The molecule has 2 fully saturated rings. The number of aliphatic hydroxyl groups excluding tert-OH is 1. The number of para-hydroxylation sites is 1. The van der Waals surface area contributed by atoms with Crippen LogP contribution in [0.15, 0.2) is 54.7 Å². The zero-order chi connectivity index (χ0) is 21.6. The first kappa shape index (κ1) is 19.9. The number of fused-ring (bicyclic) bond motifs is 1. The molecule has 2 heterocycles. The van der Waals surface area contributed by atoms with Gasteiger partial charge >= 0.3 is 0 Å². The predicted molar refractivity (Wildman–Crippen MR) is 117 cm³/mol. The molecule has 1 aromatic heterocycles. The van der Waals surface area contributed by atoms with Gasteiger partial charge in [0.15, 0.2) is 0 Å². The normalized spacial score (nSPS) is 19.4. The van der Waals surface area contributed by atoms with Crippen molar-refractivity contribution < 1.29 is 20.1 Å². The highest BCUT2D eigenvalue weighted by Gasteiger charge is 2.50. The van der Waals surface area contributed by atoms with Crippen LogP contribution in [0.25, 0.3) is 22.0 Å². The van der Waals surface area contributed by atoms with Crippen LogP contribution in [0.3, 0.4) is 0 Å². The van der Waals surface area contributed by atoms with Crippen molar-refractivity contribution in [1.82, 2.24) is 14.8 Å². The van der Waals surface area contributed by atoms with Gasteiger partial charge in [0.05, 0.1) is 11.1 Å². The lowest BCUT2D eigenvalue weighted by molar-refractivity contribution is -0.108. The predicted octanol–water partition coefficient (Wildman–Crippen LogP) is 2.21. The molecule has 160 valence electrons. The van der Waals surface area contributed by atoms with Gasteiger partial charge in [0.25, 0.3) is 5.91 Å². The van der Waals surface area contributed by atoms with E-state index >= 15 is 0 Å². The maximum absolute atomic E-state index is 13.0. The number of amides is 1. The van der Waals surface area contributed by atoms with Crippen LogP contribution < -0.4 is 0 Å². The summed E-state index contributed by atoms with van der Waals surface area (Å²) < 4.78 is 0. The molecule has 1 unspecified atom stereocenters. The summed E-state index contributed by atoms with van der Waals surface area (Å²) in [6.07, 6.45) is 2.10. The van der Waals surface area contributed by atoms with Crippen molar-refractivity contribution in [2.75, 3.05) is 26.2 Å². The third kappa shape index (κ3) is 3.76. The van der Waals surface area contributed by atoms with E-state index < -0.39 is 11.8 Å². The molecular weight excluding hydrogens is 394 g/mol. The molecule has 1 aliphatic carbocycles. The van der Waals surface area contributed by atoms with Crippen LogP contribution in [0.2, 0.25) is 0 Å². The van der Waals surface area contributed by atoms with Crippen molar-refractivity contribution in [3.8, 4) is 16.9 Å². The highest BCUT2D eigenvalue weighted by Crippen LogP contribution is 2.40. The van der Waals surface area contributed by atoms with E-state index in [0.29, 0.717) is 39.0 Å². The second-order valence-electron chi connectivity index (χ2n) is 8.45. The first-order chi connectivity index (χ1) is 14.9. The number of rotatable bonds is 4. The second-order valence-corrected chi connectivity index (χ2v) is 8.45. The monoisotopic (exact) mass is 419 g/mol. The van der Waals surface area contributed by atoms with Crippen molar-refractivity contribution >= 4 is 16.8 Å². The summed E-state index contributed by atoms with van der Waals surface area (Å²) in [5, 5.41) is 32.0. The van der Waals surface area contributed by atoms with Gasteiger partial charge in [0.1, 0.15) is 17.6 Å². The van der Waals surface area contributed by atoms with Crippen molar-refractivity contribution in [1.29, 1.82) is 0 Å². The molecule has 1 saturated carbocycles. The van der Waals surface area contributed by atoms with Crippen LogP contribution in [0, 0.1) is 0 Å². The number of aromatic hydroxyl groups is 1. The average Bonchev–Trinajstić information content (AvgIpc) is 3.56. The Morgan fingerprint density at radius 2 is 1.74 bits per heavy atom. The summed E-state index contributed by atoms with van der Waals surface area (Å²) >= 11 is 0. The molecule has 2 aliphatic rings. The van der Waals surface area contributed by atoms with Gasteiger partial charge in [-0.25, -0.2) is 0 Å². The van der Waals surface area contributed by atoms with Crippen LogP contribution in [0.5, 0.6) is 5.75 Å². The molecule has 0 spiro atoms. The van der Waals surface area contributed by atoms with Crippen LogP contribution in [-0.2, 0) is 0 Å². The molecule has 7 nitrogen and oxygen atoms in total. The van der Waals surface area contributed by atoms with E-state index in [9.17, 15) is 20.1 Å². The van der Waals surface area contributed by atoms with E-state index in [1.807, 2.05) is 41.3 Å². The Labute approximate surface area is 180 Å². The highest BCUT2D eigenvalue weighted by molar-refractivity contribution is 5.97. The number of nitrogens with zero attached hydrogens (tertiary/aromatic N) is 3. The lowest BCUT2D eigenvalue weighted by Gasteiger charge is -2.38. The van der Waals surface area contributed by atoms with Gasteiger partial charge in [0, 0.05) is 43.3 Å². The lowest BCUT2D eigenvalue weighted by Crippen LogP contribution is -2.55. The number of benzene rings is 2. The Morgan fingerprint density at radius 1 is 1.00 bits per heavy atom. The molecule has 3 N–H and O–H groups in total. The Balaban J connectivity index is 1.30. The number of aliphatic hydroxyl groups is 2. The Kier molecular flexibility index (Phi) is 4.89. The molecule has 1 atom stereocenters. The quantitative estimate of drug-likeness (QED) is 0.600. The van der Waals surface area contributed by atoms with Crippen molar-refractivity contribution in [3.05, 3.63) is 60.3 Å². The zero-order valence-corrected chi connectivity index (χ0v) is 17.1. The number of hydrogen-bond acceptors (Lipinski definition) is 6. The number of piperazine rings is 1. The second kappa shape index (κ2) is 7.60. The number of pyridine rings is 1. The summed E-state index contributed by atoms with van der Waals surface area (Å²) in [4.78, 5) is 20.9. The van der Waals surface area contributed by atoms with Gasteiger partial charge in [-0.3, -0.25) is 14.7 Å². The van der Waals surface area contributed by atoms with E-state index in [2.05, 4.69) is 4.98 Å². The molecule has 5 rings (SSSR count). The Hall–Kier alpha value is -3.00. The molecule has 0 radical (unpaired) electrons. The van der Waals surface area contributed by atoms with E-state index in [-0.39, 0.29) is 17.2 Å². The van der Waals surface area contributed by atoms with Gasteiger partial charge in [0.2, 0.25) is 0 Å². The van der Waals surface area contributed by atoms with Crippen LogP contribution >= 0.6 is 0 Å². The van der Waals surface area contributed by atoms with E-state index in [4.69, 9.17) is 0 Å². The number of phenols is 1. The lowest BCUT2D eigenvalue weighted by atomic mass is 10.0. The topological polar surface area (TPSA) is 97.1 Å². The minimum absolute atomic E-state index is 0.0644. The maximum Gasteiger partial charge on any atom is 0.257 e. The smallest absolute Gasteiger partial charge is 0.257 e. The number of carbonyl (C=O) groups excluding carboxylic acids is 1. The van der Waals surface area contributed by atoms with Crippen molar-refractivity contribution in [2.45, 2.75) is 24.7 Å². The number of carbonyl (C=O) groups is 1. The third-order valence-electron chi connectivity index (χ3n) is 6.34. The molecule has 3 aromatic rings. The zero-order valence-electron chi connectivity index (χ0n) is 17.1. The molecular formula is C24H25N3O4. The molecule has 7 heteroatoms. The van der Waals surface area contributed by atoms with Gasteiger partial charge in [-0.05, 0) is 42.7 Å². The summed E-state index contributed by atoms with van der Waals surface area (Å²) in [7, 11) is 0. The summed E-state index contributed by atoms with van der Waals surface area (Å²) in [5.74, 6) is -0.301. The summed E-state index contributed by atoms with van der Waals surface area (Å²) in [5.41, 5.74) is 1.83. The fourth-order valence-corrected chi connectivity index (χ4v) is 4.19. The average molecular weight is 419 g/mol. The summed E-state index contributed by atoms with van der Waals surface area (Å²) in [6, 6.07) is 14.9. The van der Waals surface area contributed by atoms with Crippen molar-refractivity contribution in [3.63, 3.8) is 0 Å². The van der Waals surface area contributed by atoms with E-state index in [1.54, 1.807) is 23.2 Å². The van der Waals surface area contributed by atoms with E-state index in [0.717, 1.165) is 22.0 Å². The molecule has 0 bridgehead atoms.